The lowest BCUT2D eigenvalue weighted by Gasteiger charge is -2.34. The van der Waals surface area contributed by atoms with Crippen molar-refractivity contribution in [2.24, 2.45) is 0 Å². The Morgan fingerprint density at radius 2 is 1.71 bits per heavy atom. The van der Waals surface area contributed by atoms with Gasteiger partial charge in [0.05, 0.1) is 22.3 Å². The zero-order chi connectivity index (χ0) is 25.3. The molecule has 8 nitrogen and oxygen atoms in total. The fourth-order valence-corrected chi connectivity index (χ4v) is 5.79. The highest BCUT2D eigenvalue weighted by atomic mass is 32.2. The molecule has 0 saturated carbocycles. The summed E-state index contributed by atoms with van der Waals surface area (Å²) < 4.78 is 29.5. The van der Waals surface area contributed by atoms with Crippen molar-refractivity contribution in [2.45, 2.75) is 46.4 Å². The highest BCUT2D eigenvalue weighted by Crippen LogP contribution is 2.29. The average Bonchev–Trinajstić information content (AvgIpc) is 3.18. The zero-order valence-corrected chi connectivity index (χ0v) is 22.0. The smallest absolute Gasteiger partial charge is 0.237 e. The van der Waals surface area contributed by atoms with E-state index in [0.29, 0.717) is 31.9 Å². The van der Waals surface area contributed by atoms with Gasteiger partial charge in [0.1, 0.15) is 5.65 Å². The maximum atomic E-state index is 13.0. The van der Waals surface area contributed by atoms with Crippen LogP contribution < -0.4 is 4.31 Å². The quantitative estimate of drug-likeness (QED) is 0.499. The van der Waals surface area contributed by atoms with E-state index < -0.39 is 15.3 Å². The van der Waals surface area contributed by atoms with Gasteiger partial charge in [-0.3, -0.25) is 18.4 Å². The first-order chi connectivity index (χ1) is 16.6. The fourth-order valence-electron chi connectivity index (χ4n) is 4.52. The second kappa shape index (κ2) is 9.99. The fraction of sp³-hybridized carbons (Fsp3) is 0.462. The number of hydrogen-bond acceptors (Lipinski definition) is 5. The second-order valence-electron chi connectivity index (χ2n) is 9.43. The van der Waals surface area contributed by atoms with Crippen molar-refractivity contribution in [1.82, 2.24) is 19.2 Å². The second-order valence-corrected chi connectivity index (χ2v) is 11.8. The molecule has 0 atom stereocenters. The Morgan fingerprint density at radius 1 is 1.06 bits per heavy atom. The number of aromatic nitrogens is 2. The van der Waals surface area contributed by atoms with E-state index in [0.717, 1.165) is 35.7 Å². The molecular formula is C26H35N5O3S. The number of amides is 1. The predicted molar refractivity (Wildman–Crippen MR) is 140 cm³/mol. The first-order valence-corrected chi connectivity index (χ1v) is 13.7. The van der Waals surface area contributed by atoms with Gasteiger partial charge in [-0.25, -0.2) is 13.4 Å². The van der Waals surface area contributed by atoms with Crippen LogP contribution in [0.15, 0.2) is 42.6 Å². The zero-order valence-electron chi connectivity index (χ0n) is 21.2. The molecule has 4 rings (SSSR count). The molecule has 1 aromatic carbocycles. The number of imidazole rings is 1. The van der Waals surface area contributed by atoms with Crippen LogP contribution in [0.25, 0.3) is 16.9 Å². The largest absolute Gasteiger partial charge is 0.340 e. The molecule has 1 aliphatic heterocycles. The van der Waals surface area contributed by atoms with Gasteiger partial charge in [0.15, 0.2) is 0 Å². The number of carbonyl (C=O) groups is 1. The highest BCUT2D eigenvalue weighted by Gasteiger charge is 2.27. The van der Waals surface area contributed by atoms with Crippen LogP contribution in [0.4, 0.5) is 5.69 Å². The third-order valence-corrected chi connectivity index (χ3v) is 8.97. The summed E-state index contributed by atoms with van der Waals surface area (Å²) in [7, 11) is -3.46. The number of piperazine rings is 1. The molecule has 1 fully saturated rings. The molecule has 9 heteroatoms. The van der Waals surface area contributed by atoms with Crippen LogP contribution >= 0.6 is 0 Å². The predicted octanol–water partition coefficient (Wildman–Crippen LogP) is 3.54. The summed E-state index contributed by atoms with van der Waals surface area (Å²) in [6, 6.07) is 12.0. The SMILES string of the molecule is CCN(c1ccc2nc(-c3ccc(C)cc3)c(CN3CCN(C(C)=O)CC3)n2c1)S(=O)(=O)C(C)C. The minimum absolute atomic E-state index is 0.107. The lowest BCUT2D eigenvalue weighted by Crippen LogP contribution is -2.47. The van der Waals surface area contributed by atoms with Crippen LogP contribution in [0.3, 0.4) is 0 Å². The van der Waals surface area contributed by atoms with Gasteiger partial charge in [0, 0.05) is 58.0 Å². The van der Waals surface area contributed by atoms with Gasteiger partial charge in [0.25, 0.3) is 0 Å². The summed E-state index contributed by atoms with van der Waals surface area (Å²) in [5.41, 5.74) is 5.52. The van der Waals surface area contributed by atoms with Crippen molar-refractivity contribution in [3.8, 4) is 11.3 Å². The Labute approximate surface area is 208 Å². The molecular weight excluding hydrogens is 462 g/mol. The van der Waals surface area contributed by atoms with Gasteiger partial charge in [0.2, 0.25) is 15.9 Å². The van der Waals surface area contributed by atoms with Crippen molar-refractivity contribution in [1.29, 1.82) is 0 Å². The molecule has 0 bridgehead atoms. The van der Waals surface area contributed by atoms with E-state index >= 15 is 0 Å². The maximum absolute atomic E-state index is 13.0. The number of fused-ring (bicyclic) bond motifs is 1. The van der Waals surface area contributed by atoms with Gasteiger partial charge in [-0.2, -0.15) is 0 Å². The third-order valence-electron chi connectivity index (χ3n) is 6.70. The Kier molecular flexibility index (Phi) is 7.19. The van der Waals surface area contributed by atoms with Gasteiger partial charge in [-0.1, -0.05) is 29.8 Å². The highest BCUT2D eigenvalue weighted by molar-refractivity contribution is 7.93. The van der Waals surface area contributed by atoms with Crippen LogP contribution in [-0.2, 0) is 21.4 Å². The van der Waals surface area contributed by atoms with Crippen LogP contribution in [0.1, 0.15) is 39.0 Å². The summed E-state index contributed by atoms with van der Waals surface area (Å²) in [5, 5.41) is -0.513. The number of carbonyl (C=O) groups excluding carboxylic acids is 1. The van der Waals surface area contributed by atoms with Gasteiger partial charge in [-0.15, -0.1) is 0 Å². The molecule has 0 N–H and O–H groups in total. The number of benzene rings is 1. The Balaban J connectivity index is 1.78. The molecule has 0 aliphatic carbocycles. The lowest BCUT2D eigenvalue weighted by atomic mass is 10.1. The molecule has 1 amide bonds. The summed E-state index contributed by atoms with van der Waals surface area (Å²) in [5.74, 6) is 0.107. The average molecular weight is 498 g/mol. The number of sulfonamides is 1. The van der Waals surface area contributed by atoms with Crippen LogP contribution in [0.5, 0.6) is 0 Å². The van der Waals surface area contributed by atoms with E-state index in [1.165, 1.54) is 9.87 Å². The van der Waals surface area contributed by atoms with Crippen molar-refractivity contribution < 1.29 is 13.2 Å². The first-order valence-electron chi connectivity index (χ1n) is 12.2. The number of aryl methyl sites for hydroxylation is 1. The van der Waals surface area contributed by atoms with E-state index in [2.05, 4.69) is 36.1 Å². The molecule has 0 radical (unpaired) electrons. The monoisotopic (exact) mass is 497 g/mol. The molecule has 35 heavy (non-hydrogen) atoms. The van der Waals surface area contributed by atoms with Gasteiger partial charge < -0.3 is 4.90 Å². The molecule has 0 spiro atoms. The van der Waals surface area contributed by atoms with Crippen LogP contribution in [0, 0.1) is 6.92 Å². The summed E-state index contributed by atoms with van der Waals surface area (Å²) in [6.07, 6.45) is 1.89. The minimum atomic E-state index is -3.46. The van der Waals surface area contributed by atoms with Gasteiger partial charge >= 0.3 is 0 Å². The standard InChI is InChI=1S/C26H35N5O3S/c1-6-31(35(33,34)19(2)3)23-11-12-25-27-26(22-9-7-20(4)8-10-22)24(30(25)17-23)18-28-13-15-29(16-14-28)21(5)32/h7-12,17,19H,6,13-16,18H2,1-5H3. The van der Waals surface area contributed by atoms with Crippen molar-refractivity contribution in [3.63, 3.8) is 0 Å². The van der Waals surface area contributed by atoms with E-state index in [1.807, 2.05) is 34.6 Å². The summed E-state index contributed by atoms with van der Waals surface area (Å²) >= 11 is 0. The Morgan fingerprint density at radius 3 is 2.29 bits per heavy atom. The molecule has 188 valence electrons. The van der Waals surface area contributed by atoms with Crippen molar-refractivity contribution in [2.75, 3.05) is 37.0 Å². The van der Waals surface area contributed by atoms with Crippen molar-refractivity contribution >= 4 is 27.3 Å². The number of hydrogen-bond donors (Lipinski definition) is 0. The minimum Gasteiger partial charge on any atom is -0.340 e. The third kappa shape index (κ3) is 5.06. The molecule has 2 aromatic heterocycles. The van der Waals surface area contributed by atoms with E-state index in [1.54, 1.807) is 20.8 Å². The number of anilines is 1. The number of pyridine rings is 1. The Bertz CT molecular complexity index is 1310. The van der Waals surface area contributed by atoms with Gasteiger partial charge in [-0.05, 0) is 39.8 Å². The topological polar surface area (TPSA) is 78.2 Å². The molecule has 3 aromatic rings. The molecule has 1 aliphatic rings. The summed E-state index contributed by atoms with van der Waals surface area (Å²) in [4.78, 5) is 20.9. The van der Waals surface area contributed by atoms with Crippen LogP contribution in [0.2, 0.25) is 0 Å². The van der Waals surface area contributed by atoms with E-state index in [-0.39, 0.29) is 5.91 Å². The van der Waals surface area contributed by atoms with Crippen LogP contribution in [-0.4, -0.2) is 71.5 Å². The van der Waals surface area contributed by atoms with E-state index in [9.17, 15) is 13.2 Å². The lowest BCUT2D eigenvalue weighted by molar-refractivity contribution is -0.130. The molecule has 3 heterocycles. The Hall–Kier alpha value is -2.91. The normalized spacial score (nSPS) is 15.2. The molecule has 0 unspecified atom stereocenters. The number of rotatable bonds is 7. The maximum Gasteiger partial charge on any atom is 0.237 e. The van der Waals surface area contributed by atoms with E-state index in [4.69, 9.17) is 4.98 Å². The van der Waals surface area contributed by atoms with Crippen molar-refractivity contribution in [3.05, 3.63) is 53.9 Å². The summed E-state index contributed by atoms with van der Waals surface area (Å²) in [6.45, 7) is 12.9. The number of nitrogens with zero attached hydrogens (tertiary/aromatic N) is 5. The first kappa shape index (κ1) is 25.2. The molecule has 1 saturated heterocycles.